The fourth-order valence-electron chi connectivity index (χ4n) is 1.31. The molecule has 0 aromatic heterocycles. The third-order valence-corrected chi connectivity index (χ3v) is 2.04. The Hall–Kier alpha value is -1.71. The molecule has 2 amide bonds. The van der Waals surface area contributed by atoms with Gasteiger partial charge in [-0.2, -0.15) is 0 Å². The van der Waals surface area contributed by atoms with E-state index in [1.165, 1.54) is 7.05 Å². The Kier molecular flexibility index (Phi) is 1.62. The summed E-state index contributed by atoms with van der Waals surface area (Å²) in [5.74, 6) is -0.585. The smallest absolute Gasteiger partial charge is 0.276 e. The zero-order chi connectivity index (χ0) is 9.42. The molecule has 0 unspecified atom stereocenters. The number of aliphatic imine (C=N–C) groups is 1. The minimum absolute atomic E-state index is 0.265. The van der Waals surface area contributed by atoms with Crippen LogP contribution in [0.15, 0.2) is 28.4 Å². The maximum atomic E-state index is 11.4. The molecule has 0 atom stereocenters. The first-order chi connectivity index (χ1) is 6.22. The maximum Gasteiger partial charge on any atom is 0.279 e. The summed E-state index contributed by atoms with van der Waals surface area (Å²) in [5.41, 5.74) is 0.669. The van der Waals surface area contributed by atoms with Gasteiger partial charge in [0.25, 0.3) is 11.8 Å². The summed E-state index contributed by atoms with van der Waals surface area (Å²) in [6, 6.07) is 0. The fourth-order valence-corrected chi connectivity index (χ4v) is 1.31. The van der Waals surface area contributed by atoms with Gasteiger partial charge < -0.3 is 0 Å². The number of imide groups is 1. The lowest BCUT2D eigenvalue weighted by Crippen LogP contribution is -2.26. The van der Waals surface area contributed by atoms with Gasteiger partial charge in [0.2, 0.25) is 0 Å². The maximum absolute atomic E-state index is 11.4. The predicted octanol–water partition coefficient (Wildman–Crippen LogP) is 0.270. The van der Waals surface area contributed by atoms with Gasteiger partial charge in [-0.3, -0.25) is 19.5 Å². The molecule has 0 aromatic carbocycles. The van der Waals surface area contributed by atoms with E-state index < -0.39 is 0 Å². The molecule has 0 fully saturated rings. The van der Waals surface area contributed by atoms with E-state index in [2.05, 4.69) is 4.99 Å². The van der Waals surface area contributed by atoms with Crippen molar-refractivity contribution in [1.82, 2.24) is 4.90 Å². The van der Waals surface area contributed by atoms with Crippen molar-refractivity contribution in [1.29, 1.82) is 0 Å². The Morgan fingerprint density at radius 2 is 2.15 bits per heavy atom. The van der Waals surface area contributed by atoms with Gasteiger partial charge in [-0.1, -0.05) is 12.2 Å². The van der Waals surface area contributed by atoms with Crippen LogP contribution in [-0.4, -0.2) is 30.0 Å². The number of carbonyl (C=O) groups excluding carboxylic acids is 2. The molecule has 0 radical (unpaired) electrons. The highest BCUT2D eigenvalue weighted by atomic mass is 16.2. The third kappa shape index (κ3) is 1.02. The number of nitrogens with zero attached hydrogens (tertiary/aromatic N) is 2. The van der Waals surface area contributed by atoms with Crippen molar-refractivity contribution in [3.05, 3.63) is 23.4 Å². The second kappa shape index (κ2) is 2.65. The van der Waals surface area contributed by atoms with Crippen LogP contribution < -0.4 is 0 Å². The summed E-state index contributed by atoms with van der Waals surface area (Å²) < 4.78 is 0. The highest BCUT2D eigenvalue weighted by Gasteiger charge is 2.34. The summed E-state index contributed by atoms with van der Waals surface area (Å²) in [6.07, 6.45) is 5.77. The van der Waals surface area contributed by atoms with Crippen molar-refractivity contribution in [3.8, 4) is 0 Å². The minimum Gasteiger partial charge on any atom is -0.276 e. The SMILES string of the molecule is CN1C(=O)C2=C(N=CCC=C2)C1=O. The molecular weight excluding hydrogens is 168 g/mol. The summed E-state index contributed by atoms with van der Waals surface area (Å²) in [5, 5.41) is 0. The van der Waals surface area contributed by atoms with E-state index in [9.17, 15) is 9.59 Å². The number of carbonyl (C=O) groups is 2. The number of hydrogen-bond donors (Lipinski definition) is 0. The summed E-state index contributed by atoms with van der Waals surface area (Å²) in [6.45, 7) is 0. The molecule has 0 N–H and O–H groups in total. The number of rotatable bonds is 0. The van der Waals surface area contributed by atoms with Crippen molar-refractivity contribution < 1.29 is 9.59 Å². The molecule has 66 valence electrons. The standard InChI is InChI=1S/C9H8N2O2/c1-11-8(12)6-4-2-3-5-10-7(6)9(11)13/h2,4-5H,3H2,1H3. The summed E-state index contributed by atoms with van der Waals surface area (Å²) in [7, 11) is 1.46. The van der Waals surface area contributed by atoms with Crippen molar-refractivity contribution in [2.45, 2.75) is 6.42 Å². The van der Waals surface area contributed by atoms with Gasteiger partial charge in [0.15, 0.2) is 0 Å². The third-order valence-electron chi connectivity index (χ3n) is 2.04. The van der Waals surface area contributed by atoms with E-state index in [-0.39, 0.29) is 17.5 Å². The number of hydrogen-bond acceptors (Lipinski definition) is 3. The second-order valence-corrected chi connectivity index (χ2v) is 2.88. The van der Waals surface area contributed by atoms with Crippen LogP contribution in [0.1, 0.15) is 6.42 Å². The van der Waals surface area contributed by atoms with Crippen molar-refractivity contribution in [2.75, 3.05) is 7.05 Å². The van der Waals surface area contributed by atoms with Crippen LogP contribution in [0.2, 0.25) is 0 Å². The van der Waals surface area contributed by atoms with Crippen LogP contribution in [0.4, 0.5) is 0 Å². The Bertz CT molecular complexity index is 343. The zero-order valence-corrected chi connectivity index (χ0v) is 7.15. The molecule has 2 heterocycles. The van der Waals surface area contributed by atoms with Crippen LogP contribution in [0.3, 0.4) is 0 Å². The Morgan fingerprint density at radius 3 is 2.92 bits per heavy atom. The fraction of sp³-hybridized carbons (Fsp3) is 0.222. The largest absolute Gasteiger partial charge is 0.279 e. The molecule has 4 heteroatoms. The van der Waals surface area contributed by atoms with Crippen molar-refractivity contribution >= 4 is 18.0 Å². The van der Waals surface area contributed by atoms with E-state index in [1.807, 2.05) is 6.08 Å². The van der Waals surface area contributed by atoms with Gasteiger partial charge in [0, 0.05) is 19.7 Å². The number of allylic oxidation sites excluding steroid dienone is 1. The zero-order valence-electron chi connectivity index (χ0n) is 7.15. The lowest BCUT2D eigenvalue weighted by atomic mass is 10.2. The first-order valence-electron chi connectivity index (χ1n) is 3.97. The summed E-state index contributed by atoms with van der Waals surface area (Å²) in [4.78, 5) is 27.9. The Labute approximate surface area is 75.2 Å². The van der Waals surface area contributed by atoms with Gasteiger partial charge >= 0.3 is 0 Å². The van der Waals surface area contributed by atoms with Crippen LogP contribution in [0.5, 0.6) is 0 Å². The normalized spacial score (nSPS) is 21.2. The molecule has 0 bridgehead atoms. The van der Waals surface area contributed by atoms with Gasteiger partial charge in [-0.25, -0.2) is 0 Å². The highest BCUT2D eigenvalue weighted by molar-refractivity contribution is 6.20. The van der Waals surface area contributed by atoms with E-state index in [0.29, 0.717) is 12.0 Å². The van der Waals surface area contributed by atoms with E-state index in [4.69, 9.17) is 0 Å². The molecule has 2 aliphatic heterocycles. The second-order valence-electron chi connectivity index (χ2n) is 2.88. The lowest BCUT2D eigenvalue weighted by Gasteiger charge is -2.04. The van der Waals surface area contributed by atoms with Crippen LogP contribution in [0, 0.1) is 0 Å². The van der Waals surface area contributed by atoms with Gasteiger partial charge in [0.05, 0.1) is 5.57 Å². The minimum atomic E-state index is -0.317. The van der Waals surface area contributed by atoms with Crippen molar-refractivity contribution in [3.63, 3.8) is 0 Å². The van der Waals surface area contributed by atoms with Crippen LogP contribution in [-0.2, 0) is 9.59 Å². The first kappa shape index (κ1) is 7.91. The molecule has 0 saturated carbocycles. The van der Waals surface area contributed by atoms with Crippen LogP contribution in [0.25, 0.3) is 0 Å². The molecule has 2 aliphatic rings. The molecule has 2 rings (SSSR count). The number of amides is 2. The van der Waals surface area contributed by atoms with E-state index in [1.54, 1.807) is 12.3 Å². The Balaban J connectivity index is 2.55. The average Bonchev–Trinajstić information content (AvgIpc) is 2.40. The van der Waals surface area contributed by atoms with Crippen molar-refractivity contribution in [2.24, 2.45) is 4.99 Å². The van der Waals surface area contributed by atoms with Gasteiger partial charge in [-0.05, 0) is 0 Å². The molecule has 0 aromatic rings. The number of likely N-dealkylation sites (N-methyl/N-ethyl adjacent to an activating group) is 1. The monoisotopic (exact) mass is 176 g/mol. The molecule has 0 aliphatic carbocycles. The first-order valence-corrected chi connectivity index (χ1v) is 3.97. The van der Waals surface area contributed by atoms with E-state index in [0.717, 1.165) is 4.90 Å². The molecule has 4 nitrogen and oxygen atoms in total. The summed E-state index contributed by atoms with van der Waals surface area (Å²) >= 11 is 0. The van der Waals surface area contributed by atoms with Gasteiger partial charge in [-0.15, -0.1) is 0 Å². The van der Waals surface area contributed by atoms with Crippen LogP contribution >= 0.6 is 0 Å². The lowest BCUT2D eigenvalue weighted by molar-refractivity contribution is -0.135. The topological polar surface area (TPSA) is 49.7 Å². The molecule has 13 heavy (non-hydrogen) atoms. The van der Waals surface area contributed by atoms with Gasteiger partial charge in [0.1, 0.15) is 5.70 Å². The van der Waals surface area contributed by atoms with E-state index >= 15 is 0 Å². The highest BCUT2D eigenvalue weighted by Crippen LogP contribution is 2.22. The quantitative estimate of drug-likeness (QED) is 0.497. The average molecular weight is 176 g/mol. The molecule has 0 spiro atoms. The molecular formula is C9H8N2O2. The Morgan fingerprint density at radius 1 is 1.38 bits per heavy atom. The predicted molar refractivity (Wildman–Crippen MR) is 47.1 cm³/mol. The molecule has 0 saturated heterocycles.